The van der Waals surface area contributed by atoms with Crippen molar-refractivity contribution < 1.29 is 4.79 Å². The summed E-state index contributed by atoms with van der Waals surface area (Å²) < 4.78 is 0. The number of benzene rings is 1. The van der Waals surface area contributed by atoms with Crippen molar-refractivity contribution in [2.24, 2.45) is 0 Å². The number of hydrogen-bond donors (Lipinski definition) is 0. The molecule has 1 aliphatic heterocycles. The van der Waals surface area contributed by atoms with Crippen LogP contribution in [0.3, 0.4) is 0 Å². The van der Waals surface area contributed by atoms with Crippen LogP contribution >= 0.6 is 0 Å². The molecular weight excluding hydrogens is 322 g/mol. The van der Waals surface area contributed by atoms with E-state index in [4.69, 9.17) is 4.98 Å². The number of rotatable bonds is 5. The number of piperidine rings is 1. The van der Waals surface area contributed by atoms with E-state index in [0.29, 0.717) is 12.5 Å². The molecule has 0 saturated carbocycles. The van der Waals surface area contributed by atoms with Crippen LogP contribution in [-0.4, -0.2) is 54.4 Å². The molecule has 0 radical (unpaired) electrons. The van der Waals surface area contributed by atoms with Crippen LogP contribution in [0.25, 0.3) is 0 Å². The van der Waals surface area contributed by atoms with Gasteiger partial charge in [-0.25, -0.2) is 0 Å². The van der Waals surface area contributed by atoms with Gasteiger partial charge in [-0.15, -0.1) is 0 Å². The molecule has 1 saturated heterocycles. The smallest absolute Gasteiger partial charge is 0.236 e. The first-order valence-corrected chi connectivity index (χ1v) is 9.45. The highest BCUT2D eigenvalue weighted by molar-refractivity contribution is 5.77. The quantitative estimate of drug-likeness (QED) is 0.830. The summed E-state index contributed by atoms with van der Waals surface area (Å²) in [6, 6.07) is 15.0. The standard InChI is InChI=1S/C22H29N3O/c1-17-12-19(13-18-8-5-4-6-9-18)14-21(23-17)20-10-7-11-25(15-20)16-22(26)24(2)3/h4-6,8-9,12,14,20H,7,10-11,13,15-16H2,1-3H3/t20-/m0/s1. The predicted molar refractivity (Wildman–Crippen MR) is 105 cm³/mol. The van der Waals surface area contributed by atoms with Gasteiger partial charge in [0.1, 0.15) is 0 Å². The zero-order chi connectivity index (χ0) is 18.5. The maximum atomic E-state index is 12.0. The molecule has 0 N–H and O–H groups in total. The molecule has 0 spiro atoms. The van der Waals surface area contributed by atoms with E-state index in [1.165, 1.54) is 16.8 Å². The Balaban J connectivity index is 1.72. The summed E-state index contributed by atoms with van der Waals surface area (Å²) in [5.41, 5.74) is 4.90. The van der Waals surface area contributed by atoms with Crippen LogP contribution in [0.5, 0.6) is 0 Å². The molecule has 1 amide bonds. The first-order chi connectivity index (χ1) is 12.5. The number of aromatic nitrogens is 1. The number of carbonyl (C=O) groups is 1. The molecule has 3 rings (SSSR count). The molecule has 2 heterocycles. The van der Waals surface area contributed by atoms with Crippen molar-refractivity contribution in [3.8, 4) is 0 Å². The zero-order valence-electron chi connectivity index (χ0n) is 16.1. The largest absolute Gasteiger partial charge is 0.348 e. The van der Waals surface area contributed by atoms with E-state index >= 15 is 0 Å². The van der Waals surface area contributed by atoms with Crippen LogP contribution in [-0.2, 0) is 11.2 Å². The Morgan fingerprint density at radius 3 is 2.69 bits per heavy atom. The van der Waals surface area contributed by atoms with Crippen molar-refractivity contribution in [3.63, 3.8) is 0 Å². The highest BCUT2D eigenvalue weighted by atomic mass is 16.2. The van der Waals surface area contributed by atoms with Gasteiger partial charge in [-0.1, -0.05) is 30.3 Å². The number of amides is 1. The molecule has 2 aromatic rings. The molecule has 1 aromatic carbocycles. The maximum Gasteiger partial charge on any atom is 0.236 e. The zero-order valence-corrected chi connectivity index (χ0v) is 16.1. The van der Waals surface area contributed by atoms with Crippen molar-refractivity contribution in [2.45, 2.75) is 32.1 Å². The predicted octanol–water partition coefficient (Wildman–Crippen LogP) is 3.25. The number of likely N-dealkylation sites (N-methyl/N-ethyl adjacent to an activating group) is 1. The number of aryl methyl sites for hydroxylation is 1. The number of likely N-dealkylation sites (tertiary alicyclic amines) is 1. The Bertz CT molecular complexity index is 742. The Kier molecular flexibility index (Phi) is 6.04. The van der Waals surface area contributed by atoms with E-state index in [-0.39, 0.29) is 5.91 Å². The lowest BCUT2D eigenvalue weighted by Gasteiger charge is -2.32. The second-order valence-electron chi connectivity index (χ2n) is 7.57. The van der Waals surface area contributed by atoms with Crippen molar-refractivity contribution in [2.75, 3.05) is 33.7 Å². The topological polar surface area (TPSA) is 36.4 Å². The first-order valence-electron chi connectivity index (χ1n) is 9.45. The lowest BCUT2D eigenvalue weighted by molar-refractivity contribution is -0.130. The number of pyridine rings is 1. The molecule has 138 valence electrons. The Morgan fingerprint density at radius 2 is 1.96 bits per heavy atom. The highest BCUT2D eigenvalue weighted by Gasteiger charge is 2.24. The highest BCUT2D eigenvalue weighted by Crippen LogP contribution is 2.27. The summed E-state index contributed by atoms with van der Waals surface area (Å²) in [4.78, 5) is 20.8. The van der Waals surface area contributed by atoms with Crippen LogP contribution < -0.4 is 0 Å². The van der Waals surface area contributed by atoms with E-state index in [1.807, 2.05) is 14.1 Å². The fourth-order valence-electron chi connectivity index (χ4n) is 3.68. The normalized spacial score (nSPS) is 17.9. The van der Waals surface area contributed by atoms with Crippen molar-refractivity contribution in [1.82, 2.24) is 14.8 Å². The molecule has 0 aliphatic carbocycles. The van der Waals surface area contributed by atoms with Gasteiger partial charge in [0, 0.05) is 37.9 Å². The average Bonchev–Trinajstić information content (AvgIpc) is 2.62. The lowest BCUT2D eigenvalue weighted by atomic mass is 9.92. The summed E-state index contributed by atoms with van der Waals surface area (Å²) >= 11 is 0. The van der Waals surface area contributed by atoms with Gasteiger partial charge in [0.05, 0.1) is 6.54 Å². The van der Waals surface area contributed by atoms with E-state index in [9.17, 15) is 4.79 Å². The second-order valence-corrected chi connectivity index (χ2v) is 7.57. The van der Waals surface area contributed by atoms with Crippen LogP contribution in [0, 0.1) is 6.92 Å². The fraction of sp³-hybridized carbons (Fsp3) is 0.455. The SMILES string of the molecule is Cc1cc(Cc2ccccc2)cc([C@H]2CCCN(CC(=O)N(C)C)C2)n1. The number of nitrogens with zero attached hydrogens (tertiary/aromatic N) is 3. The fourth-order valence-corrected chi connectivity index (χ4v) is 3.68. The van der Waals surface area contributed by atoms with Gasteiger partial charge in [-0.3, -0.25) is 14.7 Å². The summed E-state index contributed by atoms with van der Waals surface area (Å²) in [5, 5.41) is 0. The number of hydrogen-bond acceptors (Lipinski definition) is 3. The van der Waals surface area contributed by atoms with Crippen molar-refractivity contribution in [1.29, 1.82) is 0 Å². The van der Waals surface area contributed by atoms with Crippen molar-refractivity contribution >= 4 is 5.91 Å². The minimum Gasteiger partial charge on any atom is -0.348 e. The molecule has 1 fully saturated rings. The molecule has 1 atom stereocenters. The maximum absolute atomic E-state index is 12.0. The van der Waals surface area contributed by atoms with Gasteiger partial charge < -0.3 is 4.90 Å². The summed E-state index contributed by atoms with van der Waals surface area (Å²) in [6.45, 7) is 4.50. The van der Waals surface area contributed by atoms with Gasteiger partial charge >= 0.3 is 0 Å². The Hall–Kier alpha value is -2.20. The van der Waals surface area contributed by atoms with E-state index < -0.39 is 0 Å². The summed E-state index contributed by atoms with van der Waals surface area (Å²) in [5.74, 6) is 0.584. The minimum absolute atomic E-state index is 0.174. The molecular formula is C22H29N3O. The third kappa shape index (κ3) is 4.92. The minimum atomic E-state index is 0.174. The molecule has 1 aliphatic rings. The van der Waals surface area contributed by atoms with Gasteiger partial charge in [-0.2, -0.15) is 0 Å². The average molecular weight is 351 g/mol. The van der Waals surface area contributed by atoms with E-state index in [0.717, 1.165) is 38.0 Å². The Morgan fingerprint density at radius 1 is 1.19 bits per heavy atom. The van der Waals surface area contributed by atoms with Gasteiger partial charge in [0.2, 0.25) is 5.91 Å². The lowest BCUT2D eigenvalue weighted by Crippen LogP contribution is -2.41. The summed E-state index contributed by atoms with van der Waals surface area (Å²) in [6.07, 6.45) is 3.20. The molecule has 4 heteroatoms. The number of carbonyl (C=O) groups excluding carboxylic acids is 1. The first kappa shape index (κ1) is 18.6. The van der Waals surface area contributed by atoms with Crippen molar-refractivity contribution in [3.05, 3.63) is 65.0 Å². The molecule has 0 unspecified atom stereocenters. The van der Waals surface area contributed by atoms with Gasteiger partial charge in [0.15, 0.2) is 0 Å². The molecule has 26 heavy (non-hydrogen) atoms. The molecule has 0 bridgehead atoms. The third-order valence-corrected chi connectivity index (χ3v) is 5.07. The van der Waals surface area contributed by atoms with Gasteiger partial charge in [-0.05, 0) is 56.0 Å². The van der Waals surface area contributed by atoms with Crippen LogP contribution in [0.2, 0.25) is 0 Å². The van der Waals surface area contributed by atoms with Gasteiger partial charge in [0.25, 0.3) is 0 Å². The molecule has 4 nitrogen and oxygen atoms in total. The molecule has 1 aromatic heterocycles. The van der Waals surface area contributed by atoms with Crippen LogP contribution in [0.4, 0.5) is 0 Å². The van der Waals surface area contributed by atoms with Crippen LogP contribution in [0.1, 0.15) is 41.3 Å². The summed E-state index contributed by atoms with van der Waals surface area (Å²) in [7, 11) is 3.64. The van der Waals surface area contributed by atoms with E-state index in [1.54, 1.807) is 4.90 Å². The van der Waals surface area contributed by atoms with E-state index in [2.05, 4.69) is 54.3 Å². The van der Waals surface area contributed by atoms with Crippen LogP contribution in [0.15, 0.2) is 42.5 Å². The third-order valence-electron chi connectivity index (χ3n) is 5.07. The monoisotopic (exact) mass is 351 g/mol. The Labute approximate surface area is 156 Å². The second kappa shape index (κ2) is 8.45.